The summed E-state index contributed by atoms with van der Waals surface area (Å²) in [6.07, 6.45) is 7.88. The highest BCUT2D eigenvalue weighted by Crippen LogP contribution is 2.17. The van der Waals surface area contributed by atoms with Crippen LogP contribution in [-0.4, -0.2) is 18.0 Å². The summed E-state index contributed by atoms with van der Waals surface area (Å²) in [6.45, 7) is 3.11. The molecule has 2 aromatic rings. The first-order valence-corrected chi connectivity index (χ1v) is 8.06. The zero-order valence-electron chi connectivity index (χ0n) is 12.6. The predicted octanol–water partition coefficient (Wildman–Crippen LogP) is 5.19. The molecule has 0 amide bonds. The molecular formula is C20H20ClN. The first-order valence-electron chi connectivity index (χ1n) is 7.68. The van der Waals surface area contributed by atoms with Gasteiger partial charge in [-0.15, -0.1) is 0 Å². The van der Waals surface area contributed by atoms with Crippen molar-refractivity contribution in [3.05, 3.63) is 88.5 Å². The van der Waals surface area contributed by atoms with Gasteiger partial charge in [0.1, 0.15) is 0 Å². The van der Waals surface area contributed by atoms with Gasteiger partial charge in [-0.2, -0.15) is 0 Å². The zero-order chi connectivity index (χ0) is 15.2. The molecule has 0 saturated heterocycles. The van der Waals surface area contributed by atoms with E-state index in [1.165, 1.54) is 16.7 Å². The van der Waals surface area contributed by atoms with Crippen LogP contribution in [0.1, 0.15) is 17.5 Å². The molecule has 0 spiro atoms. The fraction of sp³-hybridized carbons (Fsp3) is 0.200. The Bertz CT molecular complexity index is 656. The molecule has 0 unspecified atom stereocenters. The number of benzene rings is 2. The highest BCUT2D eigenvalue weighted by molar-refractivity contribution is 6.30. The van der Waals surface area contributed by atoms with Crippen molar-refractivity contribution in [1.29, 1.82) is 0 Å². The molecule has 0 atom stereocenters. The van der Waals surface area contributed by atoms with Crippen LogP contribution in [0, 0.1) is 0 Å². The maximum Gasteiger partial charge on any atom is 0.0406 e. The van der Waals surface area contributed by atoms with Gasteiger partial charge in [-0.1, -0.05) is 72.3 Å². The molecule has 0 N–H and O–H groups in total. The molecule has 3 rings (SSSR count). The van der Waals surface area contributed by atoms with Gasteiger partial charge in [0, 0.05) is 24.7 Å². The van der Waals surface area contributed by atoms with E-state index in [-0.39, 0.29) is 0 Å². The lowest BCUT2D eigenvalue weighted by Crippen LogP contribution is -2.27. The molecule has 1 aliphatic heterocycles. The number of rotatable bonds is 4. The van der Waals surface area contributed by atoms with Gasteiger partial charge in [0.15, 0.2) is 0 Å². The molecule has 1 aliphatic rings. The Kier molecular flexibility index (Phi) is 5.10. The highest BCUT2D eigenvalue weighted by atomic mass is 35.5. The van der Waals surface area contributed by atoms with Gasteiger partial charge in [0.2, 0.25) is 0 Å². The van der Waals surface area contributed by atoms with Crippen molar-refractivity contribution < 1.29 is 0 Å². The van der Waals surface area contributed by atoms with Gasteiger partial charge in [0.25, 0.3) is 0 Å². The number of hydrogen-bond acceptors (Lipinski definition) is 1. The van der Waals surface area contributed by atoms with Crippen LogP contribution in [-0.2, 0) is 6.54 Å². The molecule has 1 heterocycles. The molecule has 0 bridgehead atoms. The summed E-state index contributed by atoms with van der Waals surface area (Å²) in [6, 6.07) is 18.6. The van der Waals surface area contributed by atoms with Crippen LogP contribution in [0.5, 0.6) is 0 Å². The first kappa shape index (κ1) is 15.1. The van der Waals surface area contributed by atoms with E-state index in [9.17, 15) is 0 Å². The minimum Gasteiger partial charge on any atom is -0.295 e. The third-order valence-electron chi connectivity index (χ3n) is 3.94. The van der Waals surface area contributed by atoms with Crippen molar-refractivity contribution in [2.45, 2.75) is 13.0 Å². The van der Waals surface area contributed by atoms with Crippen LogP contribution in [0.4, 0.5) is 0 Å². The van der Waals surface area contributed by atoms with Crippen molar-refractivity contribution in [3.63, 3.8) is 0 Å². The summed E-state index contributed by atoms with van der Waals surface area (Å²) in [5.74, 6) is 0. The SMILES string of the molecule is Clc1ccc(CN2CC=C(C=Cc3ccccc3)CC2)cc1. The minimum absolute atomic E-state index is 0.802. The Morgan fingerprint density at radius 2 is 1.73 bits per heavy atom. The second kappa shape index (κ2) is 7.44. The molecule has 22 heavy (non-hydrogen) atoms. The Morgan fingerprint density at radius 3 is 2.41 bits per heavy atom. The van der Waals surface area contributed by atoms with E-state index in [1.54, 1.807) is 0 Å². The summed E-state index contributed by atoms with van der Waals surface area (Å²) >= 11 is 5.93. The van der Waals surface area contributed by atoms with Gasteiger partial charge >= 0.3 is 0 Å². The molecule has 112 valence electrons. The monoisotopic (exact) mass is 309 g/mol. The number of hydrogen-bond donors (Lipinski definition) is 0. The standard InChI is InChI=1S/C20H20ClN/c21-20-10-8-19(9-11-20)16-22-14-12-18(13-15-22)7-6-17-4-2-1-3-5-17/h1-12H,13-16H2. The fourth-order valence-corrected chi connectivity index (χ4v) is 2.76. The Morgan fingerprint density at radius 1 is 0.955 bits per heavy atom. The van der Waals surface area contributed by atoms with Crippen LogP contribution < -0.4 is 0 Å². The summed E-state index contributed by atoms with van der Waals surface area (Å²) in [5.41, 5.74) is 4.00. The third-order valence-corrected chi connectivity index (χ3v) is 4.19. The molecular weight excluding hydrogens is 290 g/mol. The summed E-state index contributed by atoms with van der Waals surface area (Å²) in [7, 11) is 0. The van der Waals surface area contributed by atoms with Crippen molar-refractivity contribution in [1.82, 2.24) is 4.90 Å². The lowest BCUT2D eigenvalue weighted by atomic mass is 10.1. The number of allylic oxidation sites excluding steroid dienone is 1. The van der Waals surface area contributed by atoms with Gasteiger partial charge < -0.3 is 0 Å². The molecule has 1 nitrogen and oxygen atoms in total. The van der Waals surface area contributed by atoms with E-state index in [0.29, 0.717) is 0 Å². The zero-order valence-corrected chi connectivity index (χ0v) is 13.3. The van der Waals surface area contributed by atoms with Crippen molar-refractivity contribution >= 4 is 17.7 Å². The Balaban J connectivity index is 1.55. The maximum atomic E-state index is 5.93. The third kappa shape index (κ3) is 4.33. The van der Waals surface area contributed by atoms with Gasteiger partial charge in [-0.05, 0) is 35.3 Å². The Labute approximate surface area is 137 Å². The molecule has 0 radical (unpaired) electrons. The van der Waals surface area contributed by atoms with Crippen LogP contribution in [0.3, 0.4) is 0 Å². The molecule has 2 heteroatoms. The van der Waals surface area contributed by atoms with Gasteiger partial charge in [-0.3, -0.25) is 4.90 Å². The Hall–Kier alpha value is -1.83. The maximum absolute atomic E-state index is 5.93. The van der Waals surface area contributed by atoms with Crippen LogP contribution in [0.25, 0.3) is 6.08 Å². The van der Waals surface area contributed by atoms with E-state index in [0.717, 1.165) is 31.1 Å². The largest absolute Gasteiger partial charge is 0.295 e. The quantitative estimate of drug-likeness (QED) is 0.751. The van der Waals surface area contributed by atoms with Crippen LogP contribution in [0.15, 0.2) is 72.3 Å². The van der Waals surface area contributed by atoms with E-state index < -0.39 is 0 Å². The molecule has 0 fully saturated rings. The first-order chi connectivity index (χ1) is 10.8. The summed E-state index contributed by atoms with van der Waals surface area (Å²) in [4.78, 5) is 2.46. The highest BCUT2D eigenvalue weighted by Gasteiger charge is 2.10. The van der Waals surface area contributed by atoms with E-state index in [4.69, 9.17) is 11.6 Å². The lowest BCUT2D eigenvalue weighted by Gasteiger charge is -2.25. The fourth-order valence-electron chi connectivity index (χ4n) is 2.64. The molecule has 2 aromatic carbocycles. The average Bonchev–Trinajstić information content (AvgIpc) is 2.57. The second-order valence-electron chi connectivity index (χ2n) is 5.63. The smallest absolute Gasteiger partial charge is 0.0406 e. The van der Waals surface area contributed by atoms with Crippen LogP contribution in [0.2, 0.25) is 5.02 Å². The van der Waals surface area contributed by atoms with Gasteiger partial charge in [0.05, 0.1) is 0 Å². The van der Waals surface area contributed by atoms with Crippen LogP contribution >= 0.6 is 11.6 Å². The normalized spacial score (nSPS) is 16.0. The summed E-state index contributed by atoms with van der Waals surface area (Å²) in [5, 5.41) is 0.802. The number of nitrogens with zero attached hydrogens (tertiary/aromatic N) is 1. The lowest BCUT2D eigenvalue weighted by molar-refractivity contribution is 0.287. The van der Waals surface area contributed by atoms with Gasteiger partial charge in [-0.25, -0.2) is 0 Å². The van der Waals surface area contributed by atoms with Crippen molar-refractivity contribution in [2.24, 2.45) is 0 Å². The topological polar surface area (TPSA) is 3.24 Å². The average molecular weight is 310 g/mol. The minimum atomic E-state index is 0.802. The van der Waals surface area contributed by atoms with Crippen molar-refractivity contribution in [2.75, 3.05) is 13.1 Å². The summed E-state index contributed by atoms with van der Waals surface area (Å²) < 4.78 is 0. The van der Waals surface area contributed by atoms with E-state index >= 15 is 0 Å². The molecule has 0 saturated carbocycles. The second-order valence-corrected chi connectivity index (χ2v) is 6.07. The van der Waals surface area contributed by atoms with E-state index in [2.05, 4.69) is 59.5 Å². The molecule has 0 aliphatic carbocycles. The number of halogens is 1. The van der Waals surface area contributed by atoms with E-state index in [1.807, 2.05) is 18.2 Å². The van der Waals surface area contributed by atoms with Crippen molar-refractivity contribution in [3.8, 4) is 0 Å². The predicted molar refractivity (Wildman–Crippen MR) is 94.9 cm³/mol. The molecule has 0 aromatic heterocycles.